The molecule has 0 aliphatic carbocycles. The van der Waals surface area contributed by atoms with Crippen molar-refractivity contribution in [2.24, 2.45) is 0 Å². The van der Waals surface area contributed by atoms with Gasteiger partial charge in [0.25, 0.3) is 15.9 Å². The lowest BCUT2D eigenvalue weighted by atomic mass is 10.1. The number of benzene rings is 4. The van der Waals surface area contributed by atoms with Gasteiger partial charge in [-0.25, -0.2) is 8.42 Å². The molecule has 0 aromatic heterocycles. The summed E-state index contributed by atoms with van der Waals surface area (Å²) < 4.78 is 33.5. The van der Waals surface area contributed by atoms with Crippen LogP contribution in [0.15, 0.2) is 95.9 Å². The highest BCUT2D eigenvalue weighted by atomic mass is 32.2. The Kier molecular flexibility index (Phi) is 6.33. The van der Waals surface area contributed by atoms with Crippen molar-refractivity contribution in [3.63, 3.8) is 0 Å². The molecule has 0 fully saturated rings. The molecule has 1 N–H and O–H groups in total. The van der Waals surface area contributed by atoms with Gasteiger partial charge in [-0.2, -0.15) is 0 Å². The van der Waals surface area contributed by atoms with Crippen LogP contribution in [0.5, 0.6) is 5.75 Å². The number of ether oxygens (including phenoxy) is 1. The fourth-order valence-corrected chi connectivity index (χ4v) is 5.18. The van der Waals surface area contributed by atoms with Crippen LogP contribution in [0.4, 0.5) is 11.4 Å². The Morgan fingerprint density at radius 2 is 1.58 bits per heavy atom. The SMILES string of the molecule is CCN(c1ccccc1)S(=O)(=O)c1ccc(OC)c(NC(=O)c2ccc3ccccc3c2)c1. The Balaban J connectivity index is 1.68. The lowest BCUT2D eigenvalue weighted by Crippen LogP contribution is -2.30. The van der Waals surface area contributed by atoms with Gasteiger partial charge >= 0.3 is 0 Å². The van der Waals surface area contributed by atoms with Crippen LogP contribution in [0.25, 0.3) is 10.8 Å². The second-order valence-electron chi connectivity index (χ2n) is 7.38. The van der Waals surface area contributed by atoms with E-state index < -0.39 is 10.0 Å². The van der Waals surface area contributed by atoms with Crippen molar-refractivity contribution in [2.75, 3.05) is 23.3 Å². The molecular weight excluding hydrogens is 436 g/mol. The zero-order valence-electron chi connectivity index (χ0n) is 18.4. The largest absolute Gasteiger partial charge is 0.495 e. The summed E-state index contributed by atoms with van der Waals surface area (Å²) >= 11 is 0. The van der Waals surface area contributed by atoms with Crippen molar-refractivity contribution < 1.29 is 17.9 Å². The highest BCUT2D eigenvalue weighted by molar-refractivity contribution is 7.92. The summed E-state index contributed by atoms with van der Waals surface area (Å²) in [7, 11) is -2.38. The van der Waals surface area contributed by atoms with E-state index in [4.69, 9.17) is 4.74 Å². The van der Waals surface area contributed by atoms with Crippen LogP contribution in [-0.4, -0.2) is 28.0 Å². The summed E-state index contributed by atoms with van der Waals surface area (Å²) in [5, 5.41) is 4.77. The van der Waals surface area contributed by atoms with Gasteiger partial charge in [-0.05, 0) is 60.2 Å². The van der Waals surface area contributed by atoms with Crippen molar-refractivity contribution in [1.82, 2.24) is 0 Å². The van der Waals surface area contributed by atoms with Gasteiger partial charge in [0.05, 0.1) is 23.4 Å². The van der Waals surface area contributed by atoms with Crippen LogP contribution in [0.2, 0.25) is 0 Å². The molecule has 7 heteroatoms. The third kappa shape index (κ3) is 4.54. The molecule has 0 aliphatic heterocycles. The van der Waals surface area contributed by atoms with E-state index in [1.54, 1.807) is 49.4 Å². The maximum atomic E-state index is 13.4. The highest BCUT2D eigenvalue weighted by Gasteiger charge is 2.25. The van der Waals surface area contributed by atoms with Crippen molar-refractivity contribution in [3.8, 4) is 5.75 Å². The first-order valence-electron chi connectivity index (χ1n) is 10.5. The maximum Gasteiger partial charge on any atom is 0.264 e. The van der Waals surface area contributed by atoms with Gasteiger partial charge in [0.2, 0.25) is 0 Å². The molecule has 0 atom stereocenters. The predicted molar refractivity (Wildman–Crippen MR) is 132 cm³/mol. The summed E-state index contributed by atoms with van der Waals surface area (Å²) in [6.07, 6.45) is 0. The number of carbonyl (C=O) groups excluding carboxylic acids is 1. The molecule has 0 saturated carbocycles. The molecule has 6 nitrogen and oxygen atoms in total. The number of nitrogens with zero attached hydrogens (tertiary/aromatic N) is 1. The Bertz CT molecular complexity index is 1400. The highest BCUT2D eigenvalue weighted by Crippen LogP contribution is 2.31. The van der Waals surface area contributed by atoms with Gasteiger partial charge in [-0.1, -0.05) is 48.5 Å². The molecule has 0 saturated heterocycles. The van der Waals surface area contributed by atoms with Crippen LogP contribution in [0, 0.1) is 0 Å². The van der Waals surface area contributed by atoms with Crippen molar-refractivity contribution >= 4 is 38.1 Å². The summed E-state index contributed by atoms with van der Waals surface area (Å²) in [6, 6.07) is 26.5. The maximum absolute atomic E-state index is 13.4. The second kappa shape index (κ2) is 9.34. The lowest BCUT2D eigenvalue weighted by molar-refractivity contribution is 0.102. The number of para-hydroxylation sites is 1. The van der Waals surface area contributed by atoms with Crippen LogP contribution in [0.3, 0.4) is 0 Å². The second-order valence-corrected chi connectivity index (χ2v) is 9.25. The van der Waals surface area contributed by atoms with E-state index in [9.17, 15) is 13.2 Å². The monoisotopic (exact) mass is 460 g/mol. The number of hydrogen-bond acceptors (Lipinski definition) is 4. The van der Waals surface area contributed by atoms with Crippen LogP contribution < -0.4 is 14.4 Å². The first kappa shape index (κ1) is 22.4. The molecule has 4 aromatic rings. The fourth-order valence-electron chi connectivity index (χ4n) is 3.68. The zero-order valence-corrected chi connectivity index (χ0v) is 19.2. The molecule has 4 aromatic carbocycles. The fraction of sp³-hybridized carbons (Fsp3) is 0.115. The van der Waals surface area contributed by atoms with Crippen molar-refractivity contribution in [3.05, 3.63) is 96.6 Å². The van der Waals surface area contributed by atoms with Crippen molar-refractivity contribution in [1.29, 1.82) is 0 Å². The standard InChI is InChI=1S/C26H24N2O4S/c1-3-28(22-11-5-4-6-12-22)33(30,31)23-15-16-25(32-2)24(18-23)27-26(29)21-14-13-19-9-7-8-10-20(19)17-21/h4-18H,3H2,1-2H3,(H,27,29). The van der Waals surface area contributed by atoms with Gasteiger partial charge in [0.15, 0.2) is 0 Å². The average molecular weight is 461 g/mol. The molecule has 0 radical (unpaired) electrons. The van der Waals surface area contributed by atoms with Crippen molar-refractivity contribution in [2.45, 2.75) is 11.8 Å². The summed E-state index contributed by atoms with van der Waals surface area (Å²) in [5.41, 5.74) is 1.31. The third-order valence-electron chi connectivity index (χ3n) is 5.35. The Labute approximate surface area is 193 Å². The first-order chi connectivity index (χ1) is 15.9. The number of anilines is 2. The number of fused-ring (bicyclic) bond motifs is 1. The van der Waals surface area contributed by atoms with E-state index in [1.165, 1.54) is 23.5 Å². The number of methoxy groups -OCH3 is 1. The normalized spacial score (nSPS) is 11.2. The minimum atomic E-state index is -3.85. The van der Waals surface area contributed by atoms with Crippen LogP contribution in [-0.2, 0) is 10.0 Å². The molecular formula is C26H24N2O4S. The average Bonchev–Trinajstić information content (AvgIpc) is 2.84. The number of nitrogens with one attached hydrogen (secondary N) is 1. The molecule has 0 heterocycles. The third-order valence-corrected chi connectivity index (χ3v) is 7.25. The zero-order chi connectivity index (χ0) is 23.4. The molecule has 168 valence electrons. The Morgan fingerprint density at radius 1 is 0.879 bits per heavy atom. The van der Waals surface area contributed by atoms with Crippen LogP contribution >= 0.6 is 0 Å². The first-order valence-corrected chi connectivity index (χ1v) is 11.9. The van der Waals surface area contributed by atoms with Gasteiger partial charge < -0.3 is 10.1 Å². The topological polar surface area (TPSA) is 75.7 Å². The van der Waals surface area contributed by atoms with Gasteiger partial charge in [0.1, 0.15) is 5.75 Å². The molecule has 0 spiro atoms. The molecule has 1 amide bonds. The van der Waals surface area contributed by atoms with E-state index in [-0.39, 0.29) is 23.0 Å². The summed E-state index contributed by atoms with van der Waals surface area (Å²) in [4.78, 5) is 13.0. The molecule has 0 unspecified atom stereocenters. The number of carbonyl (C=O) groups is 1. The lowest BCUT2D eigenvalue weighted by Gasteiger charge is -2.23. The number of amides is 1. The van der Waals surface area contributed by atoms with E-state index >= 15 is 0 Å². The van der Waals surface area contributed by atoms with Crippen LogP contribution in [0.1, 0.15) is 17.3 Å². The molecule has 0 bridgehead atoms. The molecule has 33 heavy (non-hydrogen) atoms. The smallest absolute Gasteiger partial charge is 0.264 e. The van der Waals surface area contributed by atoms with E-state index in [0.29, 0.717) is 17.0 Å². The minimum Gasteiger partial charge on any atom is -0.495 e. The Morgan fingerprint density at radius 3 is 2.27 bits per heavy atom. The van der Waals surface area contributed by atoms with Gasteiger partial charge in [-0.15, -0.1) is 0 Å². The molecule has 0 aliphatic rings. The molecule has 4 rings (SSSR count). The predicted octanol–water partition coefficient (Wildman–Crippen LogP) is 5.32. The minimum absolute atomic E-state index is 0.0582. The summed E-state index contributed by atoms with van der Waals surface area (Å²) in [6.45, 7) is 2.04. The number of sulfonamides is 1. The van der Waals surface area contributed by atoms with E-state index in [1.807, 2.05) is 36.4 Å². The van der Waals surface area contributed by atoms with E-state index in [2.05, 4.69) is 5.32 Å². The van der Waals surface area contributed by atoms with Gasteiger partial charge in [-0.3, -0.25) is 9.10 Å². The number of hydrogen-bond donors (Lipinski definition) is 1. The summed E-state index contributed by atoms with van der Waals surface area (Å²) in [5.74, 6) is 0.00913. The Hall–Kier alpha value is -3.84. The number of rotatable bonds is 7. The quantitative estimate of drug-likeness (QED) is 0.405. The van der Waals surface area contributed by atoms with E-state index in [0.717, 1.165) is 10.8 Å². The van der Waals surface area contributed by atoms with Gasteiger partial charge in [0, 0.05) is 12.1 Å².